The number of rotatable bonds is 6. The fourth-order valence-corrected chi connectivity index (χ4v) is 0.860. The maximum absolute atomic E-state index is 10.1. The minimum Gasteiger partial charge on any atom is -0.481 e. The van der Waals surface area contributed by atoms with E-state index in [1.54, 1.807) is 0 Å². The Balaban J connectivity index is 3.14. The fourth-order valence-electron chi connectivity index (χ4n) is 0.860. The molecule has 0 aliphatic carbocycles. The van der Waals surface area contributed by atoms with Gasteiger partial charge in [0.2, 0.25) is 0 Å². The number of carboxylic acid groups (broad SMARTS) is 1. The van der Waals surface area contributed by atoms with Gasteiger partial charge < -0.3 is 5.11 Å². The summed E-state index contributed by atoms with van der Waals surface area (Å²) in [5.74, 6) is -0.181. The van der Waals surface area contributed by atoms with Gasteiger partial charge in [-0.3, -0.25) is 4.79 Å². The molecule has 0 aromatic heterocycles. The highest BCUT2D eigenvalue weighted by Crippen LogP contribution is 2.09. The zero-order valence-electron chi connectivity index (χ0n) is 7.05. The van der Waals surface area contributed by atoms with Crippen molar-refractivity contribution >= 4 is 5.97 Å². The van der Waals surface area contributed by atoms with Gasteiger partial charge in [0.1, 0.15) is 0 Å². The highest BCUT2D eigenvalue weighted by Gasteiger charge is 1.98. The lowest BCUT2D eigenvalue weighted by atomic mass is 10.0. The van der Waals surface area contributed by atoms with Crippen molar-refractivity contribution in [3.63, 3.8) is 0 Å². The first-order valence-corrected chi connectivity index (χ1v) is 4.01. The van der Waals surface area contributed by atoms with E-state index in [9.17, 15) is 4.79 Å². The third kappa shape index (κ3) is 7.10. The van der Waals surface area contributed by atoms with Crippen LogP contribution in [0.15, 0.2) is 12.7 Å². The molecular formula is C9H16O2. The van der Waals surface area contributed by atoms with Crippen LogP contribution in [0.2, 0.25) is 0 Å². The molecule has 0 heterocycles. The van der Waals surface area contributed by atoms with E-state index in [1.165, 1.54) is 0 Å². The monoisotopic (exact) mass is 156 g/mol. The van der Waals surface area contributed by atoms with Gasteiger partial charge in [-0.05, 0) is 18.8 Å². The van der Waals surface area contributed by atoms with Gasteiger partial charge >= 0.3 is 5.97 Å². The Bertz CT molecular complexity index is 130. The topological polar surface area (TPSA) is 37.3 Å². The molecule has 0 unspecified atom stereocenters. The Labute approximate surface area is 67.9 Å². The number of unbranched alkanes of at least 4 members (excludes halogenated alkanes) is 1. The van der Waals surface area contributed by atoms with Gasteiger partial charge in [-0.25, -0.2) is 0 Å². The molecule has 0 aromatic carbocycles. The molecule has 0 fully saturated rings. The van der Waals surface area contributed by atoms with E-state index in [1.807, 2.05) is 6.08 Å². The smallest absolute Gasteiger partial charge is 0.303 e. The van der Waals surface area contributed by atoms with Gasteiger partial charge in [-0.15, -0.1) is 6.58 Å². The van der Waals surface area contributed by atoms with Crippen LogP contribution in [0, 0.1) is 5.92 Å². The molecule has 0 saturated heterocycles. The van der Waals surface area contributed by atoms with Gasteiger partial charge in [0.05, 0.1) is 0 Å². The van der Waals surface area contributed by atoms with Crippen molar-refractivity contribution in [2.75, 3.05) is 0 Å². The van der Waals surface area contributed by atoms with Crippen molar-refractivity contribution in [1.82, 2.24) is 0 Å². The summed E-state index contributed by atoms with van der Waals surface area (Å²) in [6, 6.07) is 0. The summed E-state index contributed by atoms with van der Waals surface area (Å²) in [4.78, 5) is 10.1. The van der Waals surface area contributed by atoms with Gasteiger partial charge in [-0.1, -0.05) is 19.4 Å². The first-order valence-electron chi connectivity index (χ1n) is 4.01. The van der Waals surface area contributed by atoms with Crippen molar-refractivity contribution in [1.29, 1.82) is 0 Å². The lowest BCUT2D eigenvalue weighted by Gasteiger charge is -2.02. The SMILES string of the molecule is C=C[C@H](C)CCCCC(=O)O. The van der Waals surface area contributed by atoms with Crippen molar-refractivity contribution in [2.45, 2.75) is 32.6 Å². The molecule has 2 heteroatoms. The van der Waals surface area contributed by atoms with E-state index in [-0.39, 0.29) is 0 Å². The summed E-state index contributed by atoms with van der Waals surface area (Å²) in [5.41, 5.74) is 0. The summed E-state index contributed by atoms with van der Waals surface area (Å²) in [7, 11) is 0. The van der Waals surface area contributed by atoms with Crippen LogP contribution in [-0.2, 0) is 4.79 Å². The van der Waals surface area contributed by atoms with Crippen LogP contribution >= 0.6 is 0 Å². The Morgan fingerprint density at radius 2 is 2.27 bits per heavy atom. The lowest BCUT2D eigenvalue weighted by molar-refractivity contribution is -0.137. The van der Waals surface area contributed by atoms with Crippen LogP contribution in [-0.4, -0.2) is 11.1 Å². The Morgan fingerprint density at radius 3 is 2.73 bits per heavy atom. The van der Waals surface area contributed by atoms with E-state index >= 15 is 0 Å². The Kier molecular flexibility index (Phi) is 5.53. The predicted octanol–water partition coefficient (Wildman–Crippen LogP) is 2.45. The fraction of sp³-hybridized carbons (Fsp3) is 0.667. The van der Waals surface area contributed by atoms with Crippen LogP contribution < -0.4 is 0 Å². The zero-order chi connectivity index (χ0) is 8.69. The molecule has 1 N–H and O–H groups in total. The van der Waals surface area contributed by atoms with Crippen molar-refractivity contribution in [3.05, 3.63) is 12.7 Å². The Hall–Kier alpha value is -0.790. The van der Waals surface area contributed by atoms with Crippen molar-refractivity contribution in [2.24, 2.45) is 5.92 Å². The Morgan fingerprint density at radius 1 is 1.64 bits per heavy atom. The highest BCUT2D eigenvalue weighted by atomic mass is 16.4. The molecule has 1 atom stereocenters. The minimum atomic E-state index is -0.698. The number of hydrogen-bond acceptors (Lipinski definition) is 1. The second-order valence-corrected chi connectivity index (χ2v) is 2.85. The quantitative estimate of drug-likeness (QED) is 0.473. The highest BCUT2D eigenvalue weighted by molar-refractivity contribution is 5.66. The van der Waals surface area contributed by atoms with E-state index in [2.05, 4.69) is 13.5 Å². The van der Waals surface area contributed by atoms with Crippen LogP contribution in [0.1, 0.15) is 32.6 Å². The first kappa shape index (κ1) is 10.2. The normalized spacial score (nSPS) is 12.5. The van der Waals surface area contributed by atoms with E-state index in [0.717, 1.165) is 19.3 Å². The second kappa shape index (κ2) is 5.96. The third-order valence-electron chi connectivity index (χ3n) is 1.70. The number of carboxylic acids is 1. The molecule has 0 aliphatic heterocycles. The molecule has 0 aromatic rings. The first-order chi connectivity index (χ1) is 5.16. The molecule has 0 saturated carbocycles. The molecule has 11 heavy (non-hydrogen) atoms. The number of hydrogen-bond donors (Lipinski definition) is 1. The van der Waals surface area contributed by atoms with Crippen molar-refractivity contribution in [3.8, 4) is 0 Å². The minimum absolute atomic E-state index is 0.295. The molecule has 0 radical (unpaired) electrons. The molecule has 2 nitrogen and oxygen atoms in total. The summed E-state index contributed by atoms with van der Waals surface area (Å²) < 4.78 is 0. The van der Waals surface area contributed by atoms with Crippen LogP contribution in [0.5, 0.6) is 0 Å². The molecule has 0 rings (SSSR count). The second-order valence-electron chi connectivity index (χ2n) is 2.85. The predicted molar refractivity (Wildman–Crippen MR) is 45.5 cm³/mol. The maximum Gasteiger partial charge on any atom is 0.303 e. The van der Waals surface area contributed by atoms with E-state index < -0.39 is 5.97 Å². The van der Waals surface area contributed by atoms with Crippen LogP contribution in [0.3, 0.4) is 0 Å². The van der Waals surface area contributed by atoms with Gasteiger partial charge in [0.15, 0.2) is 0 Å². The molecule has 0 spiro atoms. The van der Waals surface area contributed by atoms with Gasteiger partial charge in [0.25, 0.3) is 0 Å². The maximum atomic E-state index is 10.1. The molecule has 64 valence electrons. The third-order valence-corrected chi connectivity index (χ3v) is 1.70. The van der Waals surface area contributed by atoms with Gasteiger partial charge in [0, 0.05) is 6.42 Å². The molecule has 0 aliphatic rings. The average molecular weight is 156 g/mol. The van der Waals surface area contributed by atoms with Gasteiger partial charge in [-0.2, -0.15) is 0 Å². The standard InChI is InChI=1S/C9H16O2/c1-3-8(2)6-4-5-7-9(10)11/h3,8H,1,4-7H2,2H3,(H,10,11)/t8-/m0/s1. The van der Waals surface area contributed by atoms with E-state index in [4.69, 9.17) is 5.11 Å². The molecular weight excluding hydrogens is 140 g/mol. The number of aliphatic carboxylic acids is 1. The van der Waals surface area contributed by atoms with E-state index in [0.29, 0.717) is 12.3 Å². The molecule has 0 amide bonds. The van der Waals surface area contributed by atoms with Crippen LogP contribution in [0.4, 0.5) is 0 Å². The largest absolute Gasteiger partial charge is 0.481 e. The lowest BCUT2D eigenvalue weighted by Crippen LogP contribution is -1.95. The summed E-state index contributed by atoms with van der Waals surface area (Å²) in [6.45, 7) is 5.75. The van der Waals surface area contributed by atoms with Crippen LogP contribution in [0.25, 0.3) is 0 Å². The van der Waals surface area contributed by atoms with Crippen molar-refractivity contribution < 1.29 is 9.90 Å². The average Bonchev–Trinajstić information content (AvgIpc) is 1.97. The summed E-state index contributed by atoms with van der Waals surface area (Å²) in [6.07, 6.45) is 5.02. The summed E-state index contributed by atoms with van der Waals surface area (Å²) in [5, 5.41) is 8.32. The number of carbonyl (C=O) groups is 1. The number of allylic oxidation sites excluding steroid dienone is 1. The summed E-state index contributed by atoms with van der Waals surface area (Å²) >= 11 is 0. The molecule has 0 bridgehead atoms. The zero-order valence-corrected chi connectivity index (χ0v) is 7.05.